The van der Waals surface area contributed by atoms with Gasteiger partial charge in [-0.1, -0.05) is 0 Å². The highest BCUT2D eigenvalue weighted by Crippen LogP contribution is 2.11. The molecule has 0 bridgehead atoms. The average molecular weight is 236 g/mol. The molecule has 1 aromatic carbocycles. The first kappa shape index (κ1) is 13.5. The third kappa shape index (κ3) is 4.44. The van der Waals surface area contributed by atoms with Gasteiger partial charge >= 0.3 is 0 Å². The molecular formula is C13H20N2O2. The van der Waals surface area contributed by atoms with Gasteiger partial charge in [-0.3, -0.25) is 4.79 Å². The second kappa shape index (κ2) is 6.91. The molecule has 4 heteroatoms. The van der Waals surface area contributed by atoms with Crippen molar-refractivity contribution in [3.63, 3.8) is 0 Å². The van der Waals surface area contributed by atoms with Crippen molar-refractivity contribution in [2.75, 3.05) is 32.1 Å². The predicted molar refractivity (Wildman–Crippen MR) is 69.4 cm³/mol. The Hall–Kier alpha value is -1.55. The molecule has 0 aliphatic rings. The van der Waals surface area contributed by atoms with Crippen molar-refractivity contribution in [2.24, 2.45) is 0 Å². The van der Waals surface area contributed by atoms with E-state index in [1.807, 2.05) is 43.3 Å². The number of aliphatic hydroxyl groups excluding tert-OH is 1. The first-order chi connectivity index (χ1) is 8.15. The van der Waals surface area contributed by atoms with Crippen molar-refractivity contribution >= 4 is 11.6 Å². The van der Waals surface area contributed by atoms with Gasteiger partial charge in [0.2, 0.25) is 0 Å². The summed E-state index contributed by atoms with van der Waals surface area (Å²) < 4.78 is 0. The van der Waals surface area contributed by atoms with E-state index in [4.69, 9.17) is 5.11 Å². The maximum atomic E-state index is 11.7. The quantitative estimate of drug-likeness (QED) is 0.731. The maximum Gasteiger partial charge on any atom is 0.251 e. The number of carbonyl (C=O) groups excluding carboxylic acids is 1. The molecule has 0 radical (unpaired) electrons. The van der Waals surface area contributed by atoms with Crippen molar-refractivity contribution in [3.8, 4) is 0 Å². The van der Waals surface area contributed by atoms with Crippen LogP contribution in [0, 0.1) is 0 Å². The summed E-state index contributed by atoms with van der Waals surface area (Å²) in [5.74, 6) is -0.0618. The van der Waals surface area contributed by atoms with Crippen LogP contribution in [-0.4, -0.2) is 38.3 Å². The summed E-state index contributed by atoms with van der Waals surface area (Å²) in [7, 11) is 3.92. The second-order valence-corrected chi connectivity index (χ2v) is 4.13. The minimum absolute atomic E-state index is 0.0618. The Balaban J connectivity index is 2.46. The summed E-state index contributed by atoms with van der Waals surface area (Å²) >= 11 is 0. The Morgan fingerprint density at radius 3 is 2.41 bits per heavy atom. The van der Waals surface area contributed by atoms with Gasteiger partial charge in [0, 0.05) is 38.5 Å². The minimum Gasteiger partial charge on any atom is -0.396 e. The topological polar surface area (TPSA) is 52.6 Å². The number of unbranched alkanes of at least 4 members (excludes halogenated alkanes) is 1. The van der Waals surface area contributed by atoms with E-state index in [9.17, 15) is 4.79 Å². The summed E-state index contributed by atoms with van der Waals surface area (Å²) in [6.07, 6.45) is 1.53. The van der Waals surface area contributed by atoms with Gasteiger partial charge in [-0.15, -0.1) is 0 Å². The normalized spacial score (nSPS) is 10.1. The predicted octanol–water partition coefficient (Wildman–Crippen LogP) is 1.25. The third-order valence-electron chi connectivity index (χ3n) is 2.52. The molecule has 0 aliphatic carbocycles. The van der Waals surface area contributed by atoms with Gasteiger partial charge in [0.1, 0.15) is 0 Å². The molecule has 0 unspecified atom stereocenters. The number of amides is 1. The van der Waals surface area contributed by atoms with Gasteiger partial charge in [0.05, 0.1) is 0 Å². The van der Waals surface area contributed by atoms with Crippen LogP contribution in [0.2, 0.25) is 0 Å². The standard InChI is InChI=1S/C13H20N2O2/c1-15(2)12-7-5-11(6-8-12)13(17)14-9-3-4-10-16/h5-8,16H,3-4,9-10H2,1-2H3,(H,14,17). The van der Waals surface area contributed by atoms with E-state index in [-0.39, 0.29) is 12.5 Å². The summed E-state index contributed by atoms with van der Waals surface area (Å²) in [4.78, 5) is 13.7. The molecule has 2 N–H and O–H groups in total. The molecule has 0 saturated carbocycles. The van der Waals surface area contributed by atoms with Crippen LogP contribution in [0.25, 0.3) is 0 Å². The Morgan fingerprint density at radius 1 is 1.24 bits per heavy atom. The molecule has 94 valence electrons. The minimum atomic E-state index is -0.0618. The number of aliphatic hydroxyl groups is 1. The number of benzene rings is 1. The lowest BCUT2D eigenvalue weighted by Crippen LogP contribution is -2.24. The van der Waals surface area contributed by atoms with Crippen LogP contribution in [-0.2, 0) is 0 Å². The Labute approximate surface area is 102 Å². The van der Waals surface area contributed by atoms with Crippen molar-refractivity contribution < 1.29 is 9.90 Å². The highest BCUT2D eigenvalue weighted by Gasteiger charge is 2.04. The van der Waals surface area contributed by atoms with Crippen molar-refractivity contribution in [1.29, 1.82) is 0 Å². The Bertz CT molecular complexity index is 347. The molecule has 0 spiro atoms. The number of anilines is 1. The summed E-state index contributed by atoms with van der Waals surface area (Å²) in [6.45, 7) is 0.780. The maximum absolute atomic E-state index is 11.7. The molecule has 1 aromatic rings. The van der Waals surface area contributed by atoms with Crippen LogP contribution in [0.5, 0.6) is 0 Å². The fourth-order valence-corrected chi connectivity index (χ4v) is 1.45. The molecule has 17 heavy (non-hydrogen) atoms. The molecule has 0 aliphatic heterocycles. The fraction of sp³-hybridized carbons (Fsp3) is 0.462. The third-order valence-corrected chi connectivity index (χ3v) is 2.52. The van der Waals surface area contributed by atoms with E-state index < -0.39 is 0 Å². The molecule has 0 fully saturated rings. The smallest absolute Gasteiger partial charge is 0.251 e. The lowest BCUT2D eigenvalue weighted by molar-refractivity contribution is 0.0952. The molecular weight excluding hydrogens is 216 g/mol. The highest BCUT2D eigenvalue weighted by atomic mass is 16.2. The van der Waals surface area contributed by atoms with Gasteiger partial charge in [-0.2, -0.15) is 0 Å². The molecule has 0 heterocycles. The summed E-state index contributed by atoms with van der Waals surface area (Å²) in [6, 6.07) is 7.47. The van der Waals surface area contributed by atoms with Crippen LogP contribution in [0.4, 0.5) is 5.69 Å². The molecule has 0 aromatic heterocycles. The lowest BCUT2D eigenvalue weighted by atomic mass is 10.2. The molecule has 0 atom stereocenters. The monoisotopic (exact) mass is 236 g/mol. The van der Waals surface area contributed by atoms with Gasteiger partial charge in [0.15, 0.2) is 0 Å². The number of hydrogen-bond donors (Lipinski definition) is 2. The summed E-state index contributed by atoms with van der Waals surface area (Å²) in [5.41, 5.74) is 1.74. The average Bonchev–Trinajstić information content (AvgIpc) is 2.34. The SMILES string of the molecule is CN(C)c1ccc(C(=O)NCCCCO)cc1. The zero-order valence-corrected chi connectivity index (χ0v) is 10.4. The van der Waals surface area contributed by atoms with Crippen LogP contribution >= 0.6 is 0 Å². The van der Waals surface area contributed by atoms with E-state index in [0.29, 0.717) is 12.1 Å². The molecule has 4 nitrogen and oxygen atoms in total. The van der Waals surface area contributed by atoms with E-state index in [1.54, 1.807) is 0 Å². The van der Waals surface area contributed by atoms with E-state index in [0.717, 1.165) is 18.5 Å². The van der Waals surface area contributed by atoms with Crippen LogP contribution in [0.3, 0.4) is 0 Å². The van der Waals surface area contributed by atoms with Crippen molar-refractivity contribution in [3.05, 3.63) is 29.8 Å². The number of carbonyl (C=O) groups is 1. The van der Waals surface area contributed by atoms with E-state index in [2.05, 4.69) is 5.32 Å². The van der Waals surface area contributed by atoms with Crippen molar-refractivity contribution in [1.82, 2.24) is 5.32 Å². The zero-order chi connectivity index (χ0) is 12.7. The molecule has 0 saturated heterocycles. The fourth-order valence-electron chi connectivity index (χ4n) is 1.45. The van der Waals surface area contributed by atoms with Gasteiger partial charge in [-0.25, -0.2) is 0 Å². The molecule has 1 amide bonds. The zero-order valence-electron chi connectivity index (χ0n) is 10.4. The highest BCUT2D eigenvalue weighted by molar-refractivity contribution is 5.94. The van der Waals surface area contributed by atoms with Crippen LogP contribution < -0.4 is 10.2 Å². The van der Waals surface area contributed by atoms with E-state index in [1.165, 1.54) is 0 Å². The Morgan fingerprint density at radius 2 is 1.88 bits per heavy atom. The van der Waals surface area contributed by atoms with Crippen molar-refractivity contribution in [2.45, 2.75) is 12.8 Å². The lowest BCUT2D eigenvalue weighted by Gasteiger charge is -2.12. The number of hydrogen-bond acceptors (Lipinski definition) is 3. The van der Waals surface area contributed by atoms with Gasteiger partial charge in [0.25, 0.3) is 5.91 Å². The number of rotatable bonds is 6. The van der Waals surface area contributed by atoms with Gasteiger partial charge < -0.3 is 15.3 Å². The van der Waals surface area contributed by atoms with Gasteiger partial charge in [-0.05, 0) is 37.1 Å². The number of nitrogens with zero attached hydrogens (tertiary/aromatic N) is 1. The Kier molecular flexibility index (Phi) is 5.49. The number of nitrogens with one attached hydrogen (secondary N) is 1. The van der Waals surface area contributed by atoms with Crippen LogP contribution in [0.15, 0.2) is 24.3 Å². The van der Waals surface area contributed by atoms with Crippen LogP contribution in [0.1, 0.15) is 23.2 Å². The second-order valence-electron chi connectivity index (χ2n) is 4.13. The molecule has 1 rings (SSSR count). The first-order valence-electron chi connectivity index (χ1n) is 5.81. The summed E-state index contributed by atoms with van der Waals surface area (Å²) in [5, 5.41) is 11.4. The van der Waals surface area contributed by atoms with E-state index >= 15 is 0 Å². The largest absolute Gasteiger partial charge is 0.396 e. The first-order valence-corrected chi connectivity index (χ1v) is 5.81.